The molecule has 1 aliphatic carbocycles. The van der Waals surface area contributed by atoms with Crippen molar-refractivity contribution in [2.75, 3.05) is 0 Å². The van der Waals surface area contributed by atoms with Crippen LogP contribution in [0.2, 0.25) is 0 Å². The predicted molar refractivity (Wildman–Crippen MR) is 84.8 cm³/mol. The lowest BCUT2D eigenvalue weighted by molar-refractivity contribution is 0.223. The molecule has 0 aromatic heterocycles. The van der Waals surface area contributed by atoms with E-state index in [2.05, 4.69) is 45.9 Å². The number of allylic oxidation sites excluding steroid dienone is 4. The van der Waals surface area contributed by atoms with E-state index in [1.165, 1.54) is 32.1 Å². The van der Waals surface area contributed by atoms with Gasteiger partial charge < -0.3 is 0 Å². The summed E-state index contributed by atoms with van der Waals surface area (Å²) in [4.78, 5) is 0. The average molecular weight is 250 g/mol. The molecule has 0 spiro atoms. The Bertz CT molecular complexity index is 237. The molecule has 0 unspecified atom stereocenters. The molecule has 18 heavy (non-hydrogen) atoms. The minimum Gasteiger partial charge on any atom is -0.0877 e. The minimum atomic E-state index is 0.889. The lowest BCUT2D eigenvalue weighted by Gasteiger charge is -2.31. The van der Waals surface area contributed by atoms with E-state index in [4.69, 9.17) is 0 Å². The second-order valence-electron chi connectivity index (χ2n) is 5.77. The maximum Gasteiger partial charge on any atom is -0.0291 e. The van der Waals surface area contributed by atoms with Gasteiger partial charge >= 0.3 is 0 Å². The molecule has 0 radical (unpaired) electrons. The van der Waals surface area contributed by atoms with E-state index in [9.17, 15) is 0 Å². The third-order valence-electron chi connectivity index (χ3n) is 4.02. The molecule has 106 valence electrons. The minimum absolute atomic E-state index is 0.889. The number of rotatable bonds is 4. The van der Waals surface area contributed by atoms with Gasteiger partial charge in [0.15, 0.2) is 0 Å². The largest absolute Gasteiger partial charge is 0.0877 e. The highest BCUT2D eigenvalue weighted by atomic mass is 14.3. The molecule has 1 rings (SSSR count). The monoisotopic (exact) mass is 250 g/mol. The molecule has 1 fully saturated rings. The molecule has 0 N–H and O–H groups in total. The molecular formula is C18H34. The molecule has 0 heteroatoms. The molecule has 0 aromatic rings. The van der Waals surface area contributed by atoms with Crippen LogP contribution in [-0.4, -0.2) is 0 Å². The summed E-state index contributed by atoms with van der Waals surface area (Å²) >= 11 is 0. The Kier molecular flexibility index (Phi) is 10.1. The van der Waals surface area contributed by atoms with Crippen LogP contribution in [0.3, 0.4) is 0 Å². The predicted octanol–water partition coefficient (Wildman–Crippen LogP) is 6.39. The maximum absolute atomic E-state index is 2.38. The van der Waals surface area contributed by atoms with Crippen molar-refractivity contribution in [3.63, 3.8) is 0 Å². The summed E-state index contributed by atoms with van der Waals surface area (Å²) in [6, 6.07) is 0. The fourth-order valence-electron chi connectivity index (χ4n) is 2.84. The number of hydrogen-bond donors (Lipinski definition) is 0. The summed E-state index contributed by atoms with van der Waals surface area (Å²) in [5.41, 5.74) is 1.55. The van der Waals surface area contributed by atoms with Crippen LogP contribution in [0.1, 0.15) is 73.6 Å². The molecule has 0 nitrogen and oxygen atoms in total. The highest BCUT2D eigenvalue weighted by Gasteiger charge is 2.22. The Balaban J connectivity index is 0.00000137. The van der Waals surface area contributed by atoms with Crippen LogP contribution in [0.4, 0.5) is 0 Å². The normalized spacial score (nSPS) is 25.2. The first-order valence-electron chi connectivity index (χ1n) is 7.92. The van der Waals surface area contributed by atoms with Crippen molar-refractivity contribution in [1.29, 1.82) is 0 Å². The van der Waals surface area contributed by atoms with E-state index in [-0.39, 0.29) is 0 Å². The summed E-state index contributed by atoms with van der Waals surface area (Å²) in [6.07, 6.45) is 13.7. The van der Waals surface area contributed by atoms with Crippen molar-refractivity contribution in [1.82, 2.24) is 0 Å². The molecule has 0 atom stereocenters. The molecule has 0 heterocycles. The van der Waals surface area contributed by atoms with E-state index in [0.717, 1.165) is 17.8 Å². The van der Waals surface area contributed by atoms with Gasteiger partial charge in [-0.25, -0.2) is 0 Å². The van der Waals surface area contributed by atoms with E-state index in [1.54, 1.807) is 5.57 Å². The maximum atomic E-state index is 2.38. The van der Waals surface area contributed by atoms with Crippen molar-refractivity contribution in [3.8, 4) is 0 Å². The first-order chi connectivity index (χ1) is 8.63. The van der Waals surface area contributed by atoms with Crippen LogP contribution in [0, 0.1) is 17.8 Å². The van der Waals surface area contributed by atoms with Crippen molar-refractivity contribution >= 4 is 0 Å². The second-order valence-corrected chi connectivity index (χ2v) is 5.77. The zero-order valence-corrected chi connectivity index (χ0v) is 13.5. The van der Waals surface area contributed by atoms with Gasteiger partial charge in [0.2, 0.25) is 0 Å². The van der Waals surface area contributed by atoms with Gasteiger partial charge in [0, 0.05) is 0 Å². The first-order valence-corrected chi connectivity index (χ1v) is 7.92. The molecular weight excluding hydrogens is 216 g/mol. The van der Waals surface area contributed by atoms with Gasteiger partial charge in [0.25, 0.3) is 0 Å². The zero-order valence-electron chi connectivity index (χ0n) is 13.5. The molecule has 0 amide bonds. The Morgan fingerprint density at radius 3 is 2.11 bits per heavy atom. The van der Waals surface area contributed by atoms with Gasteiger partial charge in [-0.1, -0.05) is 51.5 Å². The van der Waals surface area contributed by atoms with Crippen molar-refractivity contribution in [2.45, 2.75) is 73.6 Å². The lowest BCUT2D eigenvalue weighted by Crippen LogP contribution is -2.18. The van der Waals surface area contributed by atoms with Crippen LogP contribution >= 0.6 is 0 Å². The standard InChI is InChI=1S/C16H28.C2H6/c1-5-6-7-14(4)12-15-8-10-16(11-9-15)13(2)3;1-2/h5-7,13,15-16H,8-12H2,1-4H3;1-2H3/b6-5-,14-7+;. The second kappa shape index (κ2) is 10.4. The summed E-state index contributed by atoms with van der Waals surface area (Å²) in [5.74, 6) is 2.84. The summed E-state index contributed by atoms with van der Waals surface area (Å²) in [7, 11) is 0. The lowest BCUT2D eigenvalue weighted by atomic mass is 9.75. The van der Waals surface area contributed by atoms with Crippen LogP contribution in [0.25, 0.3) is 0 Å². The van der Waals surface area contributed by atoms with Gasteiger partial charge in [-0.15, -0.1) is 0 Å². The fourth-order valence-corrected chi connectivity index (χ4v) is 2.84. The highest BCUT2D eigenvalue weighted by molar-refractivity contribution is 5.10. The van der Waals surface area contributed by atoms with Crippen molar-refractivity contribution < 1.29 is 0 Å². The molecule has 1 saturated carbocycles. The fraction of sp³-hybridized carbons (Fsp3) is 0.778. The van der Waals surface area contributed by atoms with Gasteiger partial charge in [-0.2, -0.15) is 0 Å². The van der Waals surface area contributed by atoms with Gasteiger partial charge in [-0.3, -0.25) is 0 Å². The van der Waals surface area contributed by atoms with Crippen LogP contribution < -0.4 is 0 Å². The Morgan fingerprint density at radius 2 is 1.67 bits per heavy atom. The molecule has 0 aliphatic heterocycles. The van der Waals surface area contributed by atoms with Crippen LogP contribution in [0.15, 0.2) is 23.8 Å². The smallest absolute Gasteiger partial charge is 0.0291 e. The molecule has 0 saturated heterocycles. The summed E-state index contributed by atoms with van der Waals surface area (Å²) < 4.78 is 0. The summed E-state index contributed by atoms with van der Waals surface area (Å²) in [6.45, 7) is 13.1. The van der Waals surface area contributed by atoms with Crippen LogP contribution in [0.5, 0.6) is 0 Å². The van der Waals surface area contributed by atoms with E-state index >= 15 is 0 Å². The van der Waals surface area contributed by atoms with Crippen molar-refractivity contribution in [3.05, 3.63) is 23.8 Å². The third-order valence-corrected chi connectivity index (χ3v) is 4.02. The van der Waals surface area contributed by atoms with Crippen molar-refractivity contribution in [2.24, 2.45) is 17.8 Å². The Morgan fingerprint density at radius 1 is 1.11 bits per heavy atom. The third kappa shape index (κ3) is 7.03. The molecule has 1 aliphatic rings. The highest BCUT2D eigenvalue weighted by Crippen LogP contribution is 2.35. The molecule has 0 aromatic carbocycles. The average Bonchev–Trinajstić information content (AvgIpc) is 2.39. The van der Waals surface area contributed by atoms with E-state index in [1.807, 2.05) is 13.8 Å². The quantitative estimate of drug-likeness (QED) is 0.507. The SMILES string of the molecule is C/C=C\C=C(/C)CC1CCC(C(C)C)CC1.CC. The van der Waals surface area contributed by atoms with Crippen LogP contribution in [-0.2, 0) is 0 Å². The van der Waals surface area contributed by atoms with Gasteiger partial charge in [0.05, 0.1) is 0 Å². The topological polar surface area (TPSA) is 0 Å². The number of hydrogen-bond acceptors (Lipinski definition) is 0. The van der Waals surface area contributed by atoms with Gasteiger partial charge in [-0.05, 0) is 63.7 Å². The molecule has 0 bridgehead atoms. The van der Waals surface area contributed by atoms with E-state index in [0.29, 0.717) is 0 Å². The Labute approximate surface area is 116 Å². The zero-order chi connectivity index (χ0) is 14.0. The first kappa shape index (κ1) is 17.5. The Hall–Kier alpha value is -0.520. The summed E-state index contributed by atoms with van der Waals surface area (Å²) in [5, 5.41) is 0. The van der Waals surface area contributed by atoms with E-state index < -0.39 is 0 Å². The van der Waals surface area contributed by atoms with Gasteiger partial charge in [0.1, 0.15) is 0 Å².